The van der Waals surface area contributed by atoms with Crippen molar-refractivity contribution in [2.75, 3.05) is 26.9 Å². The molecule has 1 saturated heterocycles. The van der Waals surface area contributed by atoms with Crippen LogP contribution in [0, 0.1) is 0 Å². The van der Waals surface area contributed by atoms with Crippen LogP contribution in [0.5, 0.6) is 0 Å². The molecule has 0 bridgehead atoms. The molecule has 1 aliphatic heterocycles. The lowest BCUT2D eigenvalue weighted by Crippen LogP contribution is -2.07. The number of methoxy groups -OCH3 is 1. The summed E-state index contributed by atoms with van der Waals surface area (Å²) in [6, 6.07) is 0. The molecule has 11 heavy (non-hydrogen) atoms. The number of ether oxygens (including phenoxy) is 2. The van der Waals surface area contributed by atoms with Gasteiger partial charge in [-0.25, -0.2) is 0 Å². The SMILES string of the molecule is C1CCOC1.COCC(C)O. The number of rotatable bonds is 2. The summed E-state index contributed by atoms with van der Waals surface area (Å²) in [4.78, 5) is 0. The molecule has 1 rings (SSSR count). The van der Waals surface area contributed by atoms with Gasteiger partial charge in [-0.2, -0.15) is 0 Å². The highest BCUT2D eigenvalue weighted by Gasteiger charge is 1.94. The third-order valence-electron chi connectivity index (χ3n) is 1.24. The Morgan fingerprint density at radius 3 is 2.09 bits per heavy atom. The van der Waals surface area contributed by atoms with Crippen LogP contribution in [0.15, 0.2) is 0 Å². The monoisotopic (exact) mass is 162 g/mol. The van der Waals surface area contributed by atoms with E-state index in [2.05, 4.69) is 4.74 Å². The van der Waals surface area contributed by atoms with Crippen molar-refractivity contribution >= 4 is 0 Å². The Balaban J connectivity index is 0.000000183. The maximum atomic E-state index is 8.43. The fourth-order valence-electron chi connectivity index (χ4n) is 0.752. The van der Waals surface area contributed by atoms with Crippen molar-refractivity contribution in [3.05, 3.63) is 0 Å². The van der Waals surface area contributed by atoms with Gasteiger partial charge in [-0.05, 0) is 19.8 Å². The Kier molecular flexibility index (Phi) is 7.89. The quantitative estimate of drug-likeness (QED) is 0.653. The molecule has 1 fully saturated rings. The highest BCUT2D eigenvalue weighted by Crippen LogP contribution is 1.98. The summed E-state index contributed by atoms with van der Waals surface area (Å²) in [7, 11) is 1.56. The molecule has 3 nitrogen and oxygen atoms in total. The van der Waals surface area contributed by atoms with E-state index >= 15 is 0 Å². The van der Waals surface area contributed by atoms with Crippen molar-refractivity contribution in [3.8, 4) is 0 Å². The molecule has 1 heterocycles. The summed E-state index contributed by atoms with van der Waals surface area (Å²) in [6.45, 7) is 4.11. The van der Waals surface area contributed by atoms with E-state index in [1.54, 1.807) is 14.0 Å². The summed E-state index contributed by atoms with van der Waals surface area (Å²) < 4.78 is 9.50. The van der Waals surface area contributed by atoms with Crippen molar-refractivity contribution in [1.29, 1.82) is 0 Å². The summed E-state index contributed by atoms with van der Waals surface area (Å²) in [5, 5.41) is 8.43. The normalized spacial score (nSPS) is 18.8. The highest BCUT2D eigenvalue weighted by molar-refractivity contribution is 4.43. The number of aliphatic hydroxyl groups is 1. The minimum absolute atomic E-state index is 0.324. The first-order valence-electron chi connectivity index (χ1n) is 4.02. The zero-order valence-electron chi connectivity index (χ0n) is 7.38. The van der Waals surface area contributed by atoms with E-state index in [1.165, 1.54) is 12.8 Å². The minimum Gasteiger partial charge on any atom is -0.391 e. The van der Waals surface area contributed by atoms with Crippen molar-refractivity contribution in [2.45, 2.75) is 25.9 Å². The van der Waals surface area contributed by atoms with Crippen LogP contribution in [0.1, 0.15) is 19.8 Å². The van der Waals surface area contributed by atoms with E-state index in [4.69, 9.17) is 9.84 Å². The second-order valence-corrected chi connectivity index (χ2v) is 2.62. The first-order chi connectivity index (χ1) is 5.27. The Hall–Kier alpha value is -0.120. The van der Waals surface area contributed by atoms with E-state index in [-0.39, 0.29) is 6.10 Å². The minimum atomic E-state index is -0.324. The lowest BCUT2D eigenvalue weighted by atomic mass is 10.4. The average Bonchev–Trinajstić information content (AvgIpc) is 2.41. The lowest BCUT2D eigenvalue weighted by molar-refractivity contribution is 0.0765. The van der Waals surface area contributed by atoms with Crippen LogP contribution in [0.4, 0.5) is 0 Å². The molecule has 0 aromatic heterocycles. The van der Waals surface area contributed by atoms with Crippen LogP contribution in [-0.2, 0) is 9.47 Å². The molecule has 0 radical (unpaired) electrons. The summed E-state index contributed by atoms with van der Waals surface area (Å²) >= 11 is 0. The van der Waals surface area contributed by atoms with E-state index in [0.717, 1.165) is 13.2 Å². The second kappa shape index (κ2) is 7.98. The molecule has 68 valence electrons. The molecule has 0 aliphatic carbocycles. The van der Waals surface area contributed by atoms with E-state index in [1.807, 2.05) is 0 Å². The smallest absolute Gasteiger partial charge is 0.0745 e. The largest absolute Gasteiger partial charge is 0.391 e. The molecule has 1 N–H and O–H groups in total. The zero-order chi connectivity index (χ0) is 8.53. The molecule has 1 atom stereocenters. The predicted octanol–water partition coefficient (Wildman–Crippen LogP) is 0.810. The summed E-state index contributed by atoms with van der Waals surface area (Å²) in [5.41, 5.74) is 0. The van der Waals surface area contributed by atoms with Gasteiger partial charge in [0.2, 0.25) is 0 Å². The molecule has 0 saturated carbocycles. The van der Waals surface area contributed by atoms with Crippen molar-refractivity contribution in [2.24, 2.45) is 0 Å². The molecule has 0 spiro atoms. The van der Waals surface area contributed by atoms with Crippen LogP contribution >= 0.6 is 0 Å². The predicted molar refractivity (Wildman–Crippen MR) is 43.6 cm³/mol. The van der Waals surface area contributed by atoms with Gasteiger partial charge in [-0.3, -0.25) is 0 Å². The van der Waals surface area contributed by atoms with Crippen LogP contribution < -0.4 is 0 Å². The molecule has 3 heteroatoms. The van der Waals surface area contributed by atoms with Gasteiger partial charge in [0, 0.05) is 20.3 Å². The lowest BCUT2D eigenvalue weighted by Gasteiger charge is -1.97. The van der Waals surface area contributed by atoms with Crippen LogP contribution in [-0.4, -0.2) is 38.1 Å². The average molecular weight is 162 g/mol. The fraction of sp³-hybridized carbons (Fsp3) is 1.00. The van der Waals surface area contributed by atoms with Gasteiger partial charge in [0.1, 0.15) is 0 Å². The zero-order valence-corrected chi connectivity index (χ0v) is 7.38. The maximum Gasteiger partial charge on any atom is 0.0745 e. The van der Waals surface area contributed by atoms with Crippen LogP contribution in [0.3, 0.4) is 0 Å². The number of hydrogen-bond acceptors (Lipinski definition) is 3. The molecule has 1 aliphatic rings. The number of hydrogen-bond donors (Lipinski definition) is 1. The Labute approximate surface area is 68.3 Å². The van der Waals surface area contributed by atoms with E-state index in [9.17, 15) is 0 Å². The van der Waals surface area contributed by atoms with Crippen LogP contribution in [0.25, 0.3) is 0 Å². The number of aliphatic hydroxyl groups excluding tert-OH is 1. The van der Waals surface area contributed by atoms with Crippen LogP contribution in [0.2, 0.25) is 0 Å². The van der Waals surface area contributed by atoms with Crippen molar-refractivity contribution < 1.29 is 14.6 Å². The Bertz CT molecular complexity index is 62.1. The fourth-order valence-corrected chi connectivity index (χ4v) is 0.752. The first kappa shape index (κ1) is 10.9. The molecular formula is C8H18O3. The first-order valence-corrected chi connectivity index (χ1v) is 4.02. The van der Waals surface area contributed by atoms with Crippen molar-refractivity contribution in [1.82, 2.24) is 0 Å². The second-order valence-electron chi connectivity index (χ2n) is 2.62. The van der Waals surface area contributed by atoms with E-state index in [0.29, 0.717) is 6.61 Å². The summed E-state index contributed by atoms with van der Waals surface area (Å²) in [5.74, 6) is 0. The summed E-state index contributed by atoms with van der Waals surface area (Å²) in [6.07, 6.45) is 2.23. The third-order valence-corrected chi connectivity index (χ3v) is 1.24. The van der Waals surface area contributed by atoms with Crippen molar-refractivity contribution in [3.63, 3.8) is 0 Å². The van der Waals surface area contributed by atoms with Gasteiger partial charge >= 0.3 is 0 Å². The molecule has 0 amide bonds. The van der Waals surface area contributed by atoms with Gasteiger partial charge in [0.25, 0.3) is 0 Å². The van der Waals surface area contributed by atoms with Gasteiger partial charge in [-0.1, -0.05) is 0 Å². The van der Waals surface area contributed by atoms with Gasteiger partial charge in [0.05, 0.1) is 12.7 Å². The standard InChI is InChI=1S/C4H10O2.C4H8O/c1-4(5)3-6-2;1-2-4-5-3-1/h4-5H,3H2,1-2H3;1-4H2. The third kappa shape index (κ3) is 9.88. The molecule has 0 aromatic rings. The van der Waals surface area contributed by atoms with E-state index < -0.39 is 0 Å². The van der Waals surface area contributed by atoms with Gasteiger partial charge in [-0.15, -0.1) is 0 Å². The maximum absolute atomic E-state index is 8.43. The van der Waals surface area contributed by atoms with Gasteiger partial charge in [0.15, 0.2) is 0 Å². The Morgan fingerprint density at radius 2 is 2.00 bits per heavy atom. The molecule has 1 unspecified atom stereocenters. The Morgan fingerprint density at radius 1 is 1.45 bits per heavy atom. The molecule has 0 aromatic carbocycles. The highest BCUT2D eigenvalue weighted by atomic mass is 16.5. The van der Waals surface area contributed by atoms with Gasteiger partial charge < -0.3 is 14.6 Å². The molecular weight excluding hydrogens is 144 g/mol. The topological polar surface area (TPSA) is 38.7 Å².